The lowest BCUT2D eigenvalue weighted by molar-refractivity contribution is -0.133. The van der Waals surface area contributed by atoms with E-state index in [1.54, 1.807) is 0 Å². The highest BCUT2D eigenvalue weighted by molar-refractivity contribution is 5.82. The minimum atomic E-state index is -0.273. The summed E-state index contributed by atoms with van der Waals surface area (Å²) < 4.78 is 0. The normalized spacial score (nSPS) is 16.9. The molecule has 1 atom stereocenters. The van der Waals surface area contributed by atoms with Gasteiger partial charge in [0.05, 0.1) is 5.92 Å². The predicted molar refractivity (Wildman–Crippen MR) is 76.5 cm³/mol. The van der Waals surface area contributed by atoms with Crippen LogP contribution in [0, 0.1) is 0 Å². The average molecular weight is 275 g/mol. The van der Waals surface area contributed by atoms with Crippen LogP contribution in [0.5, 0.6) is 0 Å². The molecule has 5 nitrogen and oxygen atoms in total. The summed E-state index contributed by atoms with van der Waals surface area (Å²) in [6, 6.07) is 7.78. The number of nitrogens with two attached hydrogens (primary N) is 1. The van der Waals surface area contributed by atoms with Crippen LogP contribution in [0.1, 0.15) is 43.2 Å². The van der Waals surface area contributed by atoms with Crippen LogP contribution in [-0.2, 0) is 16.1 Å². The standard InChI is InChI=1S/C15H21N3O2/c1-11(15(20)17-16)13-7-5-12(6-8-13)10-18-9-3-2-4-14(18)19/h5-8,11H,2-4,9-10,16H2,1H3,(H,17,20). The number of likely N-dealkylation sites (tertiary alicyclic amines) is 1. The Balaban J connectivity index is 2.01. The fourth-order valence-corrected chi connectivity index (χ4v) is 2.44. The molecule has 0 aromatic heterocycles. The monoisotopic (exact) mass is 275 g/mol. The molecule has 1 aliphatic heterocycles. The summed E-state index contributed by atoms with van der Waals surface area (Å²) >= 11 is 0. The molecule has 0 saturated carbocycles. The Hall–Kier alpha value is -1.88. The number of benzene rings is 1. The molecule has 1 saturated heterocycles. The van der Waals surface area contributed by atoms with E-state index in [1.807, 2.05) is 36.1 Å². The van der Waals surface area contributed by atoms with E-state index in [9.17, 15) is 9.59 Å². The maximum atomic E-state index is 11.8. The number of carbonyl (C=O) groups excluding carboxylic acids is 2. The Morgan fingerprint density at radius 1 is 1.35 bits per heavy atom. The Labute approximate surface area is 119 Å². The molecule has 0 radical (unpaired) electrons. The van der Waals surface area contributed by atoms with Crippen LogP contribution in [0.15, 0.2) is 24.3 Å². The summed E-state index contributed by atoms with van der Waals surface area (Å²) in [4.78, 5) is 25.1. The molecule has 0 aliphatic carbocycles. The first-order valence-corrected chi connectivity index (χ1v) is 6.99. The van der Waals surface area contributed by atoms with Gasteiger partial charge in [-0.25, -0.2) is 5.84 Å². The fraction of sp³-hybridized carbons (Fsp3) is 0.467. The summed E-state index contributed by atoms with van der Waals surface area (Å²) in [5.74, 6) is 4.89. The van der Waals surface area contributed by atoms with Crippen molar-refractivity contribution < 1.29 is 9.59 Å². The molecule has 5 heteroatoms. The number of rotatable bonds is 4. The van der Waals surface area contributed by atoms with Crippen molar-refractivity contribution >= 4 is 11.8 Å². The third-order valence-electron chi connectivity index (χ3n) is 3.81. The first-order chi connectivity index (χ1) is 9.61. The van der Waals surface area contributed by atoms with Gasteiger partial charge in [0.15, 0.2) is 0 Å². The zero-order chi connectivity index (χ0) is 14.5. The number of nitrogens with one attached hydrogen (secondary N) is 1. The third kappa shape index (κ3) is 3.36. The molecule has 2 amide bonds. The van der Waals surface area contributed by atoms with Crippen molar-refractivity contribution in [2.75, 3.05) is 6.54 Å². The Kier molecular flexibility index (Phi) is 4.74. The van der Waals surface area contributed by atoms with Crippen LogP contribution >= 0.6 is 0 Å². The molecular formula is C15H21N3O2. The fourth-order valence-electron chi connectivity index (χ4n) is 2.44. The summed E-state index contributed by atoms with van der Waals surface area (Å²) in [6.45, 7) is 3.30. The molecule has 0 bridgehead atoms. The van der Waals surface area contributed by atoms with E-state index in [-0.39, 0.29) is 17.7 Å². The summed E-state index contributed by atoms with van der Waals surface area (Å²) in [5, 5.41) is 0. The lowest BCUT2D eigenvalue weighted by atomic mass is 9.99. The van der Waals surface area contributed by atoms with Crippen molar-refractivity contribution in [1.82, 2.24) is 10.3 Å². The number of hydrazine groups is 1. The van der Waals surface area contributed by atoms with Crippen LogP contribution in [-0.4, -0.2) is 23.3 Å². The second kappa shape index (κ2) is 6.52. The van der Waals surface area contributed by atoms with E-state index in [0.29, 0.717) is 13.0 Å². The van der Waals surface area contributed by atoms with Crippen molar-refractivity contribution in [2.45, 2.75) is 38.6 Å². The Bertz CT molecular complexity index is 484. The SMILES string of the molecule is CC(C(=O)NN)c1ccc(CN2CCCCC2=O)cc1. The summed E-state index contributed by atoms with van der Waals surface area (Å²) in [7, 11) is 0. The van der Waals surface area contributed by atoms with Gasteiger partial charge < -0.3 is 4.90 Å². The lowest BCUT2D eigenvalue weighted by Gasteiger charge is -2.26. The first-order valence-electron chi connectivity index (χ1n) is 6.99. The molecule has 1 aromatic carbocycles. The summed E-state index contributed by atoms with van der Waals surface area (Å²) in [6.07, 6.45) is 2.74. The molecule has 1 unspecified atom stereocenters. The Morgan fingerprint density at radius 3 is 2.65 bits per heavy atom. The van der Waals surface area contributed by atoms with Gasteiger partial charge in [-0.05, 0) is 30.9 Å². The number of nitrogens with zero attached hydrogens (tertiary/aromatic N) is 1. The van der Waals surface area contributed by atoms with E-state index in [4.69, 9.17) is 5.84 Å². The van der Waals surface area contributed by atoms with E-state index in [1.165, 1.54) is 0 Å². The van der Waals surface area contributed by atoms with Gasteiger partial charge in [-0.1, -0.05) is 24.3 Å². The number of carbonyl (C=O) groups is 2. The second-order valence-corrected chi connectivity index (χ2v) is 5.24. The zero-order valence-corrected chi connectivity index (χ0v) is 11.8. The van der Waals surface area contributed by atoms with Crippen LogP contribution < -0.4 is 11.3 Å². The highest BCUT2D eigenvalue weighted by atomic mass is 16.2. The van der Waals surface area contributed by atoms with Gasteiger partial charge in [0, 0.05) is 19.5 Å². The molecule has 20 heavy (non-hydrogen) atoms. The minimum absolute atomic E-state index is 0.205. The third-order valence-corrected chi connectivity index (χ3v) is 3.81. The maximum Gasteiger partial charge on any atom is 0.241 e. The largest absolute Gasteiger partial charge is 0.338 e. The molecule has 2 rings (SSSR count). The first kappa shape index (κ1) is 14.5. The molecule has 1 aliphatic rings. The van der Waals surface area contributed by atoms with Crippen LogP contribution in [0.2, 0.25) is 0 Å². The Morgan fingerprint density at radius 2 is 2.05 bits per heavy atom. The second-order valence-electron chi connectivity index (χ2n) is 5.24. The molecular weight excluding hydrogens is 254 g/mol. The van der Waals surface area contributed by atoms with Crippen molar-refractivity contribution in [3.63, 3.8) is 0 Å². The molecule has 1 fully saturated rings. The molecule has 1 heterocycles. The van der Waals surface area contributed by atoms with Gasteiger partial charge in [0.1, 0.15) is 0 Å². The molecule has 3 N–H and O–H groups in total. The van der Waals surface area contributed by atoms with Gasteiger partial charge in [0.25, 0.3) is 0 Å². The van der Waals surface area contributed by atoms with E-state index in [0.717, 1.165) is 30.5 Å². The van der Waals surface area contributed by atoms with Gasteiger partial charge in [-0.15, -0.1) is 0 Å². The van der Waals surface area contributed by atoms with Gasteiger partial charge >= 0.3 is 0 Å². The van der Waals surface area contributed by atoms with E-state index in [2.05, 4.69) is 5.43 Å². The van der Waals surface area contributed by atoms with Crippen molar-refractivity contribution in [1.29, 1.82) is 0 Å². The van der Waals surface area contributed by atoms with Crippen LogP contribution in [0.25, 0.3) is 0 Å². The predicted octanol–water partition coefficient (Wildman–Crippen LogP) is 1.29. The highest BCUT2D eigenvalue weighted by Crippen LogP contribution is 2.18. The molecule has 1 aromatic rings. The van der Waals surface area contributed by atoms with Crippen molar-refractivity contribution in [3.05, 3.63) is 35.4 Å². The van der Waals surface area contributed by atoms with Gasteiger partial charge in [-0.3, -0.25) is 15.0 Å². The smallest absolute Gasteiger partial charge is 0.241 e. The molecule has 108 valence electrons. The zero-order valence-electron chi connectivity index (χ0n) is 11.8. The van der Waals surface area contributed by atoms with E-state index < -0.39 is 0 Å². The average Bonchev–Trinajstić information content (AvgIpc) is 2.49. The number of amides is 2. The number of hydrogen-bond donors (Lipinski definition) is 2. The van der Waals surface area contributed by atoms with Gasteiger partial charge in [0.2, 0.25) is 11.8 Å². The minimum Gasteiger partial charge on any atom is -0.338 e. The van der Waals surface area contributed by atoms with Crippen molar-refractivity contribution in [2.24, 2.45) is 5.84 Å². The van der Waals surface area contributed by atoms with Crippen molar-refractivity contribution in [3.8, 4) is 0 Å². The van der Waals surface area contributed by atoms with E-state index >= 15 is 0 Å². The lowest BCUT2D eigenvalue weighted by Crippen LogP contribution is -2.34. The quantitative estimate of drug-likeness (QED) is 0.494. The highest BCUT2D eigenvalue weighted by Gasteiger charge is 2.18. The number of piperidine rings is 1. The molecule has 0 spiro atoms. The number of hydrogen-bond acceptors (Lipinski definition) is 3. The topological polar surface area (TPSA) is 75.4 Å². The van der Waals surface area contributed by atoms with Gasteiger partial charge in [-0.2, -0.15) is 0 Å². The van der Waals surface area contributed by atoms with Crippen LogP contribution in [0.4, 0.5) is 0 Å². The summed E-state index contributed by atoms with van der Waals surface area (Å²) in [5.41, 5.74) is 4.16. The van der Waals surface area contributed by atoms with Crippen LogP contribution in [0.3, 0.4) is 0 Å². The maximum absolute atomic E-state index is 11.8.